The van der Waals surface area contributed by atoms with E-state index >= 15 is 0 Å². The van der Waals surface area contributed by atoms with Crippen LogP contribution in [0, 0.1) is 32.1 Å². The summed E-state index contributed by atoms with van der Waals surface area (Å²) in [7, 11) is 0. The van der Waals surface area contributed by atoms with Gasteiger partial charge in [0.2, 0.25) is 0 Å². The molecule has 1 aliphatic carbocycles. The monoisotopic (exact) mass is 306 g/mol. The van der Waals surface area contributed by atoms with Gasteiger partial charge in [-0.15, -0.1) is 0 Å². The van der Waals surface area contributed by atoms with Gasteiger partial charge in [0.15, 0.2) is 0 Å². The average molecular weight is 306 g/mol. The maximum absolute atomic E-state index is 11.1. The van der Waals surface area contributed by atoms with E-state index < -0.39 is 9.85 Å². The second-order valence-corrected chi connectivity index (χ2v) is 5.59. The van der Waals surface area contributed by atoms with Crippen molar-refractivity contribution in [1.29, 1.82) is 0 Å². The molecule has 1 saturated carbocycles. The average Bonchev–Trinajstić information content (AvgIpc) is 2.48. The van der Waals surface area contributed by atoms with E-state index in [1.165, 1.54) is 12.1 Å². The first kappa shape index (κ1) is 15.9. The van der Waals surface area contributed by atoms with Crippen molar-refractivity contribution in [3.63, 3.8) is 0 Å². The molecular weight excluding hydrogens is 288 g/mol. The number of hydrogen-bond donors (Lipinski definition) is 1. The molecule has 118 valence electrons. The van der Waals surface area contributed by atoms with Crippen LogP contribution in [0.5, 0.6) is 0 Å². The highest BCUT2D eigenvalue weighted by atomic mass is 16.6. The van der Waals surface area contributed by atoms with Crippen molar-refractivity contribution < 1.29 is 9.85 Å². The van der Waals surface area contributed by atoms with Gasteiger partial charge in [-0.2, -0.15) is 5.10 Å². The van der Waals surface area contributed by atoms with Crippen molar-refractivity contribution in [2.24, 2.45) is 16.9 Å². The molecule has 1 N–H and O–H groups in total. The summed E-state index contributed by atoms with van der Waals surface area (Å²) in [6.45, 7) is 4.25. The standard InChI is InChI=1S/C14H18N4O4/c1-9-4-3-5-12(10(9)2)15-16-13-7-6-11(17(19)20)8-14(13)18(21)22/h6-10,16H,3-5H2,1-2H3/b15-12+/t9-,10-/m1/s1. The van der Waals surface area contributed by atoms with Gasteiger partial charge in [-0.1, -0.05) is 13.8 Å². The Hall–Kier alpha value is -2.51. The van der Waals surface area contributed by atoms with Crippen LogP contribution in [0.2, 0.25) is 0 Å². The Morgan fingerprint density at radius 3 is 2.59 bits per heavy atom. The second-order valence-electron chi connectivity index (χ2n) is 5.59. The van der Waals surface area contributed by atoms with Crippen molar-refractivity contribution in [1.82, 2.24) is 0 Å². The lowest BCUT2D eigenvalue weighted by Crippen LogP contribution is -2.25. The Balaban J connectivity index is 2.25. The Morgan fingerprint density at radius 2 is 1.95 bits per heavy atom. The second kappa shape index (κ2) is 6.50. The van der Waals surface area contributed by atoms with Crippen molar-refractivity contribution in [3.8, 4) is 0 Å². The Kier molecular flexibility index (Phi) is 4.69. The van der Waals surface area contributed by atoms with E-state index in [4.69, 9.17) is 0 Å². The quantitative estimate of drug-likeness (QED) is 0.673. The van der Waals surface area contributed by atoms with Crippen LogP contribution in [0.25, 0.3) is 0 Å². The molecule has 22 heavy (non-hydrogen) atoms. The number of hydrogen-bond acceptors (Lipinski definition) is 6. The fourth-order valence-corrected chi connectivity index (χ4v) is 2.58. The zero-order valence-corrected chi connectivity index (χ0v) is 12.5. The molecule has 0 aromatic heterocycles. The zero-order valence-electron chi connectivity index (χ0n) is 12.5. The summed E-state index contributed by atoms with van der Waals surface area (Å²) in [6, 6.07) is 3.48. The van der Waals surface area contributed by atoms with Gasteiger partial charge >= 0.3 is 5.69 Å². The summed E-state index contributed by atoms with van der Waals surface area (Å²) in [5, 5.41) is 26.1. The Morgan fingerprint density at radius 1 is 1.23 bits per heavy atom. The minimum atomic E-state index is -0.659. The fraction of sp³-hybridized carbons (Fsp3) is 0.500. The van der Waals surface area contributed by atoms with Crippen LogP contribution >= 0.6 is 0 Å². The molecular formula is C14H18N4O4. The molecule has 0 saturated heterocycles. The molecule has 8 nitrogen and oxygen atoms in total. The van der Waals surface area contributed by atoms with Crippen molar-refractivity contribution in [2.45, 2.75) is 33.1 Å². The van der Waals surface area contributed by atoms with E-state index in [1.54, 1.807) is 0 Å². The number of nitrogens with one attached hydrogen (secondary N) is 1. The molecule has 0 amide bonds. The van der Waals surface area contributed by atoms with Crippen LogP contribution in [-0.2, 0) is 0 Å². The van der Waals surface area contributed by atoms with Gasteiger partial charge in [0.1, 0.15) is 5.69 Å². The van der Waals surface area contributed by atoms with Crippen LogP contribution < -0.4 is 5.43 Å². The summed E-state index contributed by atoms with van der Waals surface area (Å²) in [6.07, 6.45) is 3.06. The minimum absolute atomic E-state index is 0.161. The fourth-order valence-electron chi connectivity index (χ4n) is 2.58. The summed E-state index contributed by atoms with van der Waals surface area (Å²) in [5.41, 5.74) is 3.18. The van der Waals surface area contributed by atoms with Crippen LogP contribution in [0.3, 0.4) is 0 Å². The minimum Gasteiger partial charge on any atom is -0.272 e. The normalized spacial score (nSPS) is 23.3. The van der Waals surface area contributed by atoms with E-state index in [0.717, 1.165) is 31.0 Å². The van der Waals surface area contributed by atoms with Crippen LogP contribution in [-0.4, -0.2) is 15.6 Å². The Labute approximate surface area is 127 Å². The van der Waals surface area contributed by atoms with E-state index in [1.807, 2.05) is 0 Å². The number of non-ortho nitro benzene ring substituents is 1. The number of benzene rings is 1. The third-order valence-corrected chi connectivity index (χ3v) is 4.18. The van der Waals surface area contributed by atoms with Crippen LogP contribution in [0.1, 0.15) is 33.1 Å². The molecule has 0 aliphatic heterocycles. The van der Waals surface area contributed by atoms with E-state index in [9.17, 15) is 20.2 Å². The highest BCUT2D eigenvalue weighted by Gasteiger charge is 2.24. The molecule has 0 heterocycles. The molecule has 1 fully saturated rings. The van der Waals surface area contributed by atoms with Crippen LogP contribution in [0.15, 0.2) is 23.3 Å². The van der Waals surface area contributed by atoms with Crippen molar-refractivity contribution >= 4 is 22.8 Å². The van der Waals surface area contributed by atoms with Gasteiger partial charge in [-0.3, -0.25) is 25.7 Å². The van der Waals surface area contributed by atoms with Gasteiger partial charge in [-0.25, -0.2) is 0 Å². The summed E-state index contributed by atoms with van der Waals surface area (Å²) >= 11 is 0. The molecule has 0 bridgehead atoms. The highest BCUT2D eigenvalue weighted by molar-refractivity contribution is 5.88. The topological polar surface area (TPSA) is 111 Å². The third-order valence-electron chi connectivity index (χ3n) is 4.18. The Bertz CT molecular complexity index is 629. The van der Waals surface area contributed by atoms with Gasteiger partial charge in [0.05, 0.1) is 15.9 Å². The van der Waals surface area contributed by atoms with Gasteiger partial charge < -0.3 is 0 Å². The third kappa shape index (κ3) is 3.38. The predicted octanol–water partition coefficient (Wildman–Crippen LogP) is 3.73. The first-order valence-electron chi connectivity index (χ1n) is 7.15. The molecule has 1 aliphatic rings. The molecule has 1 aromatic rings. The summed E-state index contributed by atoms with van der Waals surface area (Å²) < 4.78 is 0. The van der Waals surface area contributed by atoms with Gasteiger partial charge in [0.25, 0.3) is 5.69 Å². The van der Waals surface area contributed by atoms with Crippen LogP contribution in [0.4, 0.5) is 17.1 Å². The summed E-state index contributed by atoms with van der Waals surface area (Å²) in [4.78, 5) is 20.5. The molecule has 0 unspecified atom stereocenters. The maximum atomic E-state index is 11.1. The number of rotatable bonds is 4. The number of anilines is 1. The molecule has 0 spiro atoms. The zero-order chi connectivity index (χ0) is 16.3. The first-order valence-corrected chi connectivity index (χ1v) is 7.15. The smallest absolute Gasteiger partial charge is 0.272 e. The molecule has 8 heteroatoms. The van der Waals surface area contributed by atoms with Crippen molar-refractivity contribution in [2.75, 3.05) is 5.43 Å². The largest absolute Gasteiger partial charge is 0.301 e. The highest BCUT2D eigenvalue weighted by Crippen LogP contribution is 2.30. The van der Waals surface area contributed by atoms with E-state index in [-0.39, 0.29) is 17.1 Å². The molecule has 0 radical (unpaired) electrons. The van der Waals surface area contributed by atoms with Gasteiger partial charge in [0, 0.05) is 11.8 Å². The molecule has 1 aromatic carbocycles. The van der Waals surface area contributed by atoms with Crippen molar-refractivity contribution in [3.05, 3.63) is 38.4 Å². The first-order chi connectivity index (χ1) is 10.4. The lowest BCUT2D eigenvalue weighted by atomic mass is 9.80. The maximum Gasteiger partial charge on any atom is 0.301 e. The summed E-state index contributed by atoms with van der Waals surface area (Å²) in [5.74, 6) is 0.847. The molecule has 2 atom stereocenters. The van der Waals surface area contributed by atoms with Gasteiger partial charge in [-0.05, 0) is 37.2 Å². The number of nitro benzene ring substituents is 2. The lowest BCUT2D eigenvalue weighted by molar-refractivity contribution is -0.393. The number of hydrazone groups is 1. The lowest BCUT2D eigenvalue weighted by Gasteiger charge is -2.27. The van der Waals surface area contributed by atoms with E-state index in [2.05, 4.69) is 24.4 Å². The number of nitrogens with zero attached hydrogens (tertiary/aromatic N) is 3. The number of nitro groups is 2. The SMILES string of the molecule is C[C@@H]1CCC/C(=N\Nc2ccc([N+](=O)[O-])cc2[N+](=O)[O-])[C@@H]1C. The molecule has 2 rings (SSSR count). The predicted molar refractivity (Wildman–Crippen MR) is 83.0 cm³/mol. The van der Waals surface area contributed by atoms with E-state index in [0.29, 0.717) is 11.8 Å².